The Balaban J connectivity index is 1.73. The highest BCUT2D eigenvalue weighted by atomic mass is 35.5. The molecule has 122 valence electrons. The van der Waals surface area contributed by atoms with E-state index in [1.807, 2.05) is 30.3 Å². The molecule has 0 bridgehead atoms. The fourth-order valence-electron chi connectivity index (χ4n) is 2.33. The number of benzene rings is 2. The van der Waals surface area contributed by atoms with Gasteiger partial charge in [0.15, 0.2) is 11.0 Å². The van der Waals surface area contributed by atoms with Gasteiger partial charge in [0.2, 0.25) is 5.91 Å². The van der Waals surface area contributed by atoms with Crippen molar-refractivity contribution < 1.29 is 9.59 Å². The number of aliphatic imine (C=N–C) groups is 1. The molecule has 1 aliphatic rings. The fourth-order valence-corrected chi connectivity index (χ4v) is 3.61. The second-order valence-electron chi connectivity index (χ2n) is 5.37. The molecule has 1 aliphatic heterocycles. The van der Waals surface area contributed by atoms with Crippen LogP contribution in [-0.4, -0.2) is 34.1 Å². The Morgan fingerprint density at radius 3 is 2.50 bits per heavy atom. The van der Waals surface area contributed by atoms with Gasteiger partial charge in [0.1, 0.15) is 0 Å². The normalized spacial score (nSPS) is 19.1. The third-order valence-electron chi connectivity index (χ3n) is 3.66. The van der Waals surface area contributed by atoms with Crippen molar-refractivity contribution in [1.29, 1.82) is 0 Å². The molecule has 24 heavy (non-hydrogen) atoms. The summed E-state index contributed by atoms with van der Waals surface area (Å²) in [5, 5.41) is 0.746. The highest BCUT2D eigenvalue weighted by Gasteiger charge is 2.37. The zero-order valence-corrected chi connectivity index (χ0v) is 14.6. The molecule has 2 aromatic carbocycles. The number of nitrogens with zero attached hydrogens (tertiary/aromatic N) is 2. The quantitative estimate of drug-likeness (QED) is 0.770. The molecule has 1 saturated heterocycles. The number of rotatable bonds is 4. The van der Waals surface area contributed by atoms with Crippen LogP contribution in [0.3, 0.4) is 0 Å². The van der Waals surface area contributed by atoms with Crippen LogP contribution in [-0.2, 0) is 4.79 Å². The van der Waals surface area contributed by atoms with Gasteiger partial charge in [0, 0.05) is 24.1 Å². The van der Waals surface area contributed by atoms with Crippen LogP contribution in [0.5, 0.6) is 0 Å². The standard InChI is InChI=1S/C18H15ClN2O2S/c1-21-17(23)16(11-15(22)12-7-9-13(19)10-8-12)24-18(21)20-14-5-3-2-4-6-14/h2-10,16H,11H2,1H3. The molecule has 1 fully saturated rings. The molecule has 1 unspecified atom stereocenters. The van der Waals surface area contributed by atoms with Crippen molar-refractivity contribution in [2.75, 3.05) is 7.05 Å². The molecule has 0 aromatic heterocycles. The highest BCUT2D eigenvalue weighted by Crippen LogP contribution is 2.31. The molecular formula is C18H15ClN2O2S. The molecule has 0 spiro atoms. The van der Waals surface area contributed by atoms with Crippen molar-refractivity contribution in [3.63, 3.8) is 0 Å². The number of carbonyl (C=O) groups excluding carboxylic acids is 2. The van der Waals surface area contributed by atoms with E-state index in [-0.39, 0.29) is 18.1 Å². The van der Waals surface area contributed by atoms with E-state index in [4.69, 9.17) is 11.6 Å². The molecule has 1 atom stereocenters. The lowest BCUT2D eigenvalue weighted by Crippen LogP contribution is -2.29. The van der Waals surface area contributed by atoms with E-state index in [1.54, 1.807) is 31.3 Å². The van der Waals surface area contributed by atoms with Crippen LogP contribution in [0, 0.1) is 0 Å². The van der Waals surface area contributed by atoms with Crippen LogP contribution in [0.25, 0.3) is 0 Å². The van der Waals surface area contributed by atoms with Gasteiger partial charge in [-0.3, -0.25) is 14.5 Å². The van der Waals surface area contributed by atoms with Gasteiger partial charge in [0.25, 0.3) is 0 Å². The summed E-state index contributed by atoms with van der Waals surface area (Å²) >= 11 is 7.16. The maximum absolute atomic E-state index is 12.4. The van der Waals surface area contributed by atoms with Gasteiger partial charge in [-0.15, -0.1) is 0 Å². The number of halogens is 1. The second-order valence-corrected chi connectivity index (χ2v) is 6.97. The smallest absolute Gasteiger partial charge is 0.242 e. The zero-order valence-electron chi connectivity index (χ0n) is 13.0. The first-order valence-corrected chi connectivity index (χ1v) is 8.67. The van der Waals surface area contributed by atoms with Crippen molar-refractivity contribution in [3.05, 3.63) is 65.2 Å². The van der Waals surface area contributed by atoms with Gasteiger partial charge >= 0.3 is 0 Å². The van der Waals surface area contributed by atoms with Gasteiger partial charge in [-0.2, -0.15) is 0 Å². The van der Waals surface area contributed by atoms with E-state index in [1.165, 1.54) is 16.7 Å². The average Bonchev–Trinajstić information content (AvgIpc) is 2.84. The first-order valence-electron chi connectivity index (χ1n) is 7.41. The summed E-state index contributed by atoms with van der Waals surface area (Å²) in [6.45, 7) is 0. The molecule has 6 heteroatoms. The predicted molar refractivity (Wildman–Crippen MR) is 98.1 cm³/mol. The number of hydrogen-bond acceptors (Lipinski definition) is 4. The summed E-state index contributed by atoms with van der Waals surface area (Å²) < 4.78 is 0. The number of Topliss-reactive ketones (excluding diaryl/α,β-unsaturated/α-hetero) is 1. The monoisotopic (exact) mass is 358 g/mol. The average molecular weight is 359 g/mol. The SMILES string of the molecule is CN1C(=O)C(CC(=O)c2ccc(Cl)cc2)SC1=Nc1ccccc1. The van der Waals surface area contributed by atoms with E-state index in [2.05, 4.69) is 4.99 Å². The van der Waals surface area contributed by atoms with Crippen molar-refractivity contribution in [1.82, 2.24) is 4.90 Å². The van der Waals surface area contributed by atoms with Gasteiger partial charge in [-0.05, 0) is 36.4 Å². The lowest BCUT2D eigenvalue weighted by atomic mass is 10.1. The summed E-state index contributed by atoms with van der Waals surface area (Å²) in [5.74, 6) is -0.177. The molecule has 3 rings (SSSR count). The summed E-state index contributed by atoms with van der Waals surface area (Å²) in [7, 11) is 1.68. The molecule has 0 N–H and O–H groups in total. The fraction of sp³-hybridized carbons (Fsp3) is 0.167. The van der Waals surface area contributed by atoms with E-state index in [9.17, 15) is 9.59 Å². The van der Waals surface area contributed by atoms with Crippen molar-refractivity contribution in [2.45, 2.75) is 11.7 Å². The lowest BCUT2D eigenvalue weighted by molar-refractivity contribution is -0.125. The lowest BCUT2D eigenvalue weighted by Gasteiger charge is -2.08. The number of carbonyl (C=O) groups is 2. The van der Waals surface area contributed by atoms with Crippen molar-refractivity contribution >= 4 is 45.9 Å². The first kappa shape index (κ1) is 16.7. The number of ketones is 1. The van der Waals surface area contributed by atoms with Crippen LogP contribution >= 0.6 is 23.4 Å². The predicted octanol–water partition coefficient (Wildman–Crippen LogP) is 4.17. The van der Waals surface area contributed by atoms with Gasteiger partial charge in [0.05, 0.1) is 10.9 Å². The van der Waals surface area contributed by atoms with Crippen LogP contribution in [0.4, 0.5) is 5.69 Å². The van der Waals surface area contributed by atoms with E-state index in [0.29, 0.717) is 15.8 Å². The molecule has 0 aliphatic carbocycles. The third kappa shape index (κ3) is 3.68. The molecule has 4 nitrogen and oxygen atoms in total. The van der Waals surface area contributed by atoms with E-state index < -0.39 is 5.25 Å². The maximum atomic E-state index is 12.4. The molecule has 1 heterocycles. The largest absolute Gasteiger partial charge is 0.294 e. The summed E-state index contributed by atoms with van der Waals surface area (Å²) in [6.07, 6.45) is 0.142. The van der Waals surface area contributed by atoms with Crippen LogP contribution < -0.4 is 0 Å². The summed E-state index contributed by atoms with van der Waals surface area (Å²) in [5.41, 5.74) is 1.34. The molecule has 0 saturated carbocycles. The van der Waals surface area contributed by atoms with E-state index >= 15 is 0 Å². The second kappa shape index (κ2) is 7.20. The van der Waals surface area contributed by atoms with Gasteiger partial charge < -0.3 is 0 Å². The Kier molecular flexibility index (Phi) is 5.02. The maximum Gasteiger partial charge on any atom is 0.242 e. The number of amides is 1. The van der Waals surface area contributed by atoms with Gasteiger partial charge in [-0.25, -0.2) is 4.99 Å². The number of amidine groups is 1. The first-order chi connectivity index (χ1) is 11.5. The summed E-state index contributed by atoms with van der Waals surface area (Å²) in [6, 6.07) is 16.1. The summed E-state index contributed by atoms with van der Waals surface area (Å²) in [4.78, 5) is 30.7. The van der Waals surface area contributed by atoms with Gasteiger partial charge in [-0.1, -0.05) is 41.6 Å². The zero-order chi connectivity index (χ0) is 17.1. The van der Waals surface area contributed by atoms with Crippen LogP contribution in [0.15, 0.2) is 59.6 Å². The molecule has 1 amide bonds. The topological polar surface area (TPSA) is 49.7 Å². The number of para-hydroxylation sites is 1. The Hall–Kier alpha value is -2.11. The minimum absolute atomic E-state index is 0.0770. The van der Waals surface area contributed by atoms with Crippen LogP contribution in [0.2, 0.25) is 5.02 Å². The van der Waals surface area contributed by atoms with Crippen molar-refractivity contribution in [2.24, 2.45) is 4.99 Å². The Labute approximate surface area is 149 Å². The minimum atomic E-state index is -0.444. The Morgan fingerprint density at radius 1 is 1.17 bits per heavy atom. The number of hydrogen-bond donors (Lipinski definition) is 0. The van der Waals surface area contributed by atoms with Crippen molar-refractivity contribution in [3.8, 4) is 0 Å². The Morgan fingerprint density at radius 2 is 1.83 bits per heavy atom. The minimum Gasteiger partial charge on any atom is -0.294 e. The Bertz CT molecular complexity index is 790. The molecular weight excluding hydrogens is 344 g/mol. The molecule has 2 aromatic rings. The van der Waals surface area contributed by atoms with Crippen LogP contribution in [0.1, 0.15) is 16.8 Å². The highest BCUT2D eigenvalue weighted by molar-refractivity contribution is 8.15. The third-order valence-corrected chi connectivity index (χ3v) is 5.14. The molecule has 0 radical (unpaired) electrons. The van der Waals surface area contributed by atoms with E-state index in [0.717, 1.165) is 5.69 Å². The number of thioether (sulfide) groups is 1.